The number of rotatable bonds is 2. The van der Waals surface area contributed by atoms with Gasteiger partial charge in [0.1, 0.15) is 0 Å². The van der Waals surface area contributed by atoms with Gasteiger partial charge in [-0.3, -0.25) is 0 Å². The van der Waals surface area contributed by atoms with Gasteiger partial charge in [0.15, 0.2) is 0 Å². The van der Waals surface area contributed by atoms with Gasteiger partial charge in [0.25, 0.3) is 0 Å². The van der Waals surface area contributed by atoms with Gasteiger partial charge in [0.05, 0.1) is 12.1 Å². The Balaban J connectivity index is 2.56. The maximum Gasteiger partial charge on any atom is 0.312 e. The summed E-state index contributed by atoms with van der Waals surface area (Å²) in [7, 11) is 0. The standard InChI is InChI=1S/C7H14N4O2S/c1-3-5(11-7(9)13)4(2-14-3)10-6(8)12/h3-5H,2H2,1H3,(H3,8,10,12)(H3,9,11,13). The highest BCUT2D eigenvalue weighted by Gasteiger charge is 2.35. The maximum atomic E-state index is 10.7. The second-order valence-corrected chi connectivity index (χ2v) is 4.60. The van der Waals surface area contributed by atoms with Crippen LogP contribution in [0, 0.1) is 0 Å². The minimum Gasteiger partial charge on any atom is -0.352 e. The molecule has 0 aromatic heterocycles. The van der Waals surface area contributed by atoms with Gasteiger partial charge >= 0.3 is 12.1 Å². The van der Waals surface area contributed by atoms with Crippen LogP contribution in [0.5, 0.6) is 0 Å². The molecule has 3 atom stereocenters. The first-order chi connectivity index (χ1) is 6.50. The molecule has 1 aliphatic heterocycles. The minimum absolute atomic E-state index is 0.139. The Labute approximate surface area is 86.1 Å². The van der Waals surface area contributed by atoms with Crippen LogP contribution in [0.15, 0.2) is 0 Å². The first-order valence-electron chi connectivity index (χ1n) is 4.24. The second kappa shape index (κ2) is 4.41. The Hall–Kier alpha value is -1.11. The van der Waals surface area contributed by atoms with E-state index in [1.54, 1.807) is 11.8 Å². The lowest BCUT2D eigenvalue weighted by atomic mass is 10.1. The molecule has 1 saturated heterocycles. The van der Waals surface area contributed by atoms with Crippen molar-refractivity contribution in [1.82, 2.24) is 10.6 Å². The van der Waals surface area contributed by atoms with Gasteiger partial charge in [-0.15, -0.1) is 0 Å². The zero-order valence-corrected chi connectivity index (χ0v) is 8.64. The first kappa shape index (κ1) is 11.0. The van der Waals surface area contributed by atoms with Crippen LogP contribution < -0.4 is 22.1 Å². The van der Waals surface area contributed by atoms with Crippen molar-refractivity contribution in [2.24, 2.45) is 11.5 Å². The molecule has 3 unspecified atom stereocenters. The van der Waals surface area contributed by atoms with Crippen LogP contribution in [-0.2, 0) is 0 Å². The highest BCUT2D eigenvalue weighted by molar-refractivity contribution is 8.00. The molecule has 0 aliphatic carbocycles. The van der Waals surface area contributed by atoms with Gasteiger partial charge in [-0.1, -0.05) is 6.92 Å². The molecule has 14 heavy (non-hydrogen) atoms. The molecule has 1 fully saturated rings. The molecule has 0 bridgehead atoms. The number of carbonyl (C=O) groups is 2. The van der Waals surface area contributed by atoms with E-state index in [-0.39, 0.29) is 17.3 Å². The predicted molar refractivity (Wildman–Crippen MR) is 54.9 cm³/mol. The van der Waals surface area contributed by atoms with E-state index in [1.165, 1.54) is 0 Å². The van der Waals surface area contributed by atoms with Gasteiger partial charge < -0.3 is 22.1 Å². The lowest BCUT2D eigenvalue weighted by molar-refractivity contribution is 0.235. The zero-order valence-electron chi connectivity index (χ0n) is 7.82. The topological polar surface area (TPSA) is 110 Å². The average molecular weight is 218 g/mol. The Kier molecular flexibility index (Phi) is 3.45. The lowest BCUT2D eigenvalue weighted by Crippen LogP contribution is -2.55. The third-order valence-corrected chi connectivity index (χ3v) is 3.49. The van der Waals surface area contributed by atoms with E-state index in [1.807, 2.05) is 6.92 Å². The van der Waals surface area contributed by atoms with Crippen LogP contribution in [-0.4, -0.2) is 35.1 Å². The average Bonchev–Trinajstić information content (AvgIpc) is 2.34. The van der Waals surface area contributed by atoms with E-state index >= 15 is 0 Å². The monoisotopic (exact) mass is 218 g/mol. The van der Waals surface area contributed by atoms with Gasteiger partial charge in [-0.25, -0.2) is 9.59 Å². The van der Waals surface area contributed by atoms with Gasteiger partial charge in [0, 0.05) is 11.0 Å². The third-order valence-electron chi connectivity index (χ3n) is 2.11. The fraction of sp³-hybridized carbons (Fsp3) is 0.714. The summed E-state index contributed by atoms with van der Waals surface area (Å²) in [6.07, 6.45) is 0. The summed E-state index contributed by atoms with van der Waals surface area (Å²) in [6, 6.07) is -1.45. The number of primary amides is 2. The summed E-state index contributed by atoms with van der Waals surface area (Å²) < 4.78 is 0. The first-order valence-corrected chi connectivity index (χ1v) is 5.29. The summed E-state index contributed by atoms with van der Waals surface area (Å²) in [5.41, 5.74) is 10.0. The molecule has 0 spiro atoms. The number of hydrogen-bond acceptors (Lipinski definition) is 3. The Morgan fingerprint density at radius 1 is 1.29 bits per heavy atom. The Morgan fingerprint density at radius 2 is 1.86 bits per heavy atom. The SMILES string of the molecule is CC1SCC(NC(N)=O)C1NC(N)=O. The van der Waals surface area contributed by atoms with Crippen molar-refractivity contribution >= 4 is 23.8 Å². The summed E-state index contributed by atoms with van der Waals surface area (Å²) in [5, 5.41) is 5.39. The quantitative estimate of drug-likeness (QED) is 0.486. The Morgan fingerprint density at radius 3 is 2.36 bits per heavy atom. The van der Waals surface area contributed by atoms with Crippen molar-refractivity contribution < 1.29 is 9.59 Å². The highest BCUT2D eigenvalue weighted by Crippen LogP contribution is 2.26. The molecular formula is C7H14N4O2S. The molecule has 7 heteroatoms. The predicted octanol–water partition coefficient (Wildman–Crippen LogP) is -0.804. The van der Waals surface area contributed by atoms with Crippen LogP contribution in [0.1, 0.15) is 6.92 Å². The van der Waals surface area contributed by atoms with Crippen LogP contribution in [0.4, 0.5) is 9.59 Å². The molecule has 1 heterocycles. The molecule has 0 radical (unpaired) electrons. The van der Waals surface area contributed by atoms with Crippen molar-refractivity contribution in [2.45, 2.75) is 24.3 Å². The van der Waals surface area contributed by atoms with Crippen molar-refractivity contribution in [3.8, 4) is 0 Å². The highest BCUT2D eigenvalue weighted by atomic mass is 32.2. The fourth-order valence-electron chi connectivity index (χ4n) is 1.49. The van der Waals surface area contributed by atoms with E-state index in [9.17, 15) is 9.59 Å². The van der Waals surface area contributed by atoms with Gasteiger partial charge in [0.2, 0.25) is 0 Å². The van der Waals surface area contributed by atoms with Crippen LogP contribution in [0.2, 0.25) is 0 Å². The van der Waals surface area contributed by atoms with Crippen LogP contribution >= 0.6 is 11.8 Å². The van der Waals surface area contributed by atoms with Crippen molar-refractivity contribution in [3.05, 3.63) is 0 Å². The molecule has 0 aromatic carbocycles. The molecular weight excluding hydrogens is 204 g/mol. The number of thioether (sulfide) groups is 1. The number of carbonyl (C=O) groups excluding carboxylic acids is 2. The second-order valence-electron chi connectivity index (χ2n) is 3.19. The summed E-state index contributed by atoms with van der Waals surface area (Å²) in [6.45, 7) is 1.97. The maximum absolute atomic E-state index is 10.7. The zero-order chi connectivity index (χ0) is 10.7. The van der Waals surface area contributed by atoms with Crippen LogP contribution in [0.3, 0.4) is 0 Å². The minimum atomic E-state index is -0.583. The summed E-state index contributed by atoms with van der Waals surface area (Å²) >= 11 is 1.66. The van der Waals surface area contributed by atoms with E-state index in [2.05, 4.69) is 10.6 Å². The molecule has 1 rings (SSSR count). The third kappa shape index (κ3) is 2.69. The number of nitrogens with one attached hydrogen (secondary N) is 2. The number of urea groups is 2. The van der Waals surface area contributed by atoms with E-state index in [0.29, 0.717) is 0 Å². The summed E-state index contributed by atoms with van der Waals surface area (Å²) in [4.78, 5) is 21.3. The molecule has 80 valence electrons. The van der Waals surface area contributed by atoms with Crippen molar-refractivity contribution in [2.75, 3.05) is 5.75 Å². The Bertz CT molecular complexity index is 248. The van der Waals surface area contributed by atoms with Gasteiger partial charge in [-0.05, 0) is 0 Å². The molecule has 0 aromatic rings. The van der Waals surface area contributed by atoms with Crippen LogP contribution in [0.25, 0.3) is 0 Å². The number of amides is 4. The normalized spacial score (nSPS) is 31.1. The molecule has 6 nitrogen and oxygen atoms in total. The number of nitrogens with two attached hydrogens (primary N) is 2. The molecule has 4 amide bonds. The summed E-state index contributed by atoms with van der Waals surface area (Å²) in [5.74, 6) is 0.731. The molecule has 1 aliphatic rings. The lowest BCUT2D eigenvalue weighted by Gasteiger charge is -2.22. The smallest absolute Gasteiger partial charge is 0.312 e. The molecule has 6 N–H and O–H groups in total. The van der Waals surface area contributed by atoms with Crippen molar-refractivity contribution in [3.63, 3.8) is 0 Å². The van der Waals surface area contributed by atoms with E-state index < -0.39 is 12.1 Å². The number of hydrogen-bond donors (Lipinski definition) is 4. The van der Waals surface area contributed by atoms with Crippen molar-refractivity contribution in [1.29, 1.82) is 0 Å². The fourth-order valence-corrected chi connectivity index (χ4v) is 2.75. The van der Waals surface area contributed by atoms with Gasteiger partial charge in [-0.2, -0.15) is 11.8 Å². The van der Waals surface area contributed by atoms with E-state index in [0.717, 1.165) is 5.75 Å². The van der Waals surface area contributed by atoms with E-state index in [4.69, 9.17) is 11.5 Å². The molecule has 0 saturated carbocycles. The largest absolute Gasteiger partial charge is 0.352 e.